The summed E-state index contributed by atoms with van der Waals surface area (Å²) < 4.78 is 34.1. The number of amides is 2. The van der Waals surface area contributed by atoms with E-state index in [-0.39, 0.29) is 34.6 Å². The maximum absolute atomic E-state index is 13.7. The second-order valence-corrected chi connectivity index (χ2v) is 10.00. The van der Waals surface area contributed by atoms with Crippen LogP contribution < -0.4 is 14.8 Å². The Bertz CT molecular complexity index is 1150. The summed E-state index contributed by atoms with van der Waals surface area (Å²) in [4.78, 5) is 26.2. The minimum absolute atomic E-state index is 0.0500. The van der Waals surface area contributed by atoms with E-state index in [0.717, 1.165) is 12.0 Å². The SMILES string of the molecule is COc1ccc(C(=O)N2CCCC(C(N)=O)C2)cc1S(=O)(=O)N1CCCc2ccccc21. The molecule has 2 aromatic carbocycles. The number of hydrogen-bond acceptors (Lipinski definition) is 5. The van der Waals surface area contributed by atoms with Crippen molar-refractivity contribution in [3.05, 3.63) is 53.6 Å². The summed E-state index contributed by atoms with van der Waals surface area (Å²) in [6.07, 6.45) is 2.84. The van der Waals surface area contributed by atoms with Gasteiger partial charge in [-0.2, -0.15) is 0 Å². The molecule has 0 aliphatic carbocycles. The Balaban J connectivity index is 1.70. The van der Waals surface area contributed by atoms with Crippen LogP contribution in [0.4, 0.5) is 5.69 Å². The first-order valence-electron chi connectivity index (χ1n) is 10.7. The molecule has 2 aromatic rings. The summed E-state index contributed by atoms with van der Waals surface area (Å²) in [5.41, 5.74) is 7.29. The van der Waals surface area contributed by atoms with E-state index in [1.807, 2.05) is 18.2 Å². The number of rotatable bonds is 5. The Labute approximate surface area is 188 Å². The summed E-state index contributed by atoms with van der Waals surface area (Å²) in [6, 6.07) is 11.9. The molecule has 2 N–H and O–H groups in total. The number of piperidine rings is 1. The normalized spacial score (nSPS) is 18.7. The standard InChI is InChI=1S/C23H27N3O5S/c1-31-20-11-10-17(23(28)25-12-4-8-18(15-25)22(24)27)14-21(20)32(29,30)26-13-5-7-16-6-2-3-9-19(16)26/h2-3,6,9-11,14,18H,4-5,7-8,12-13,15H2,1H3,(H2,24,27). The van der Waals surface area contributed by atoms with Gasteiger partial charge in [0.2, 0.25) is 5.91 Å². The van der Waals surface area contributed by atoms with Crippen LogP contribution in [-0.2, 0) is 21.2 Å². The van der Waals surface area contributed by atoms with E-state index in [9.17, 15) is 18.0 Å². The second kappa shape index (κ2) is 8.82. The van der Waals surface area contributed by atoms with Crippen molar-refractivity contribution >= 4 is 27.5 Å². The average molecular weight is 458 g/mol. The highest BCUT2D eigenvalue weighted by molar-refractivity contribution is 7.93. The smallest absolute Gasteiger partial charge is 0.268 e. The van der Waals surface area contributed by atoms with Crippen LogP contribution in [0.2, 0.25) is 0 Å². The van der Waals surface area contributed by atoms with Gasteiger partial charge in [-0.1, -0.05) is 18.2 Å². The van der Waals surface area contributed by atoms with E-state index in [0.29, 0.717) is 38.0 Å². The molecule has 8 nitrogen and oxygen atoms in total. The van der Waals surface area contributed by atoms with Gasteiger partial charge in [-0.05, 0) is 55.5 Å². The zero-order chi connectivity index (χ0) is 22.9. The van der Waals surface area contributed by atoms with Crippen molar-refractivity contribution in [2.75, 3.05) is 31.0 Å². The van der Waals surface area contributed by atoms with Gasteiger partial charge < -0.3 is 15.4 Å². The number of benzene rings is 2. The molecule has 32 heavy (non-hydrogen) atoms. The maximum atomic E-state index is 13.7. The van der Waals surface area contributed by atoms with Crippen LogP contribution in [0, 0.1) is 5.92 Å². The van der Waals surface area contributed by atoms with Gasteiger partial charge in [-0.25, -0.2) is 8.42 Å². The highest BCUT2D eigenvalue weighted by atomic mass is 32.2. The van der Waals surface area contributed by atoms with Gasteiger partial charge in [-0.15, -0.1) is 0 Å². The Morgan fingerprint density at radius 3 is 2.62 bits per heavy atom. The van der Waals surface area contributed by atoms with Crippen LogP contribution in [0.25, 0.3) is 0 Å². The van der Waals surface area contributed by atoms with Crippen LogP contribution in [0.5, 0.6) is 5.75 Å². The summed E-state index contributed by atoms with van der Waals surface area (Å²) >= 11 is 0. The number of nitrogens with zero attached hydrogens (tertiary/aromatic N) is 2. The number of para-hydroxylation sites is 1. The highest BCUT2D eigenvalue weighted by Gasteiger charge is 2.33. The van der Waals surface area contributed by atoms with Crippen LogP contribution in [-0.4, -0.2) is 51.9 Å². The summed E-state index contributed by atoms with van der Waals surface area (Å²) in [7, 11) is -2.56. The largest absolute Gasteiger partial charge is 0.495 e. The Hall–Kier alpha value is -3.07. The Morgan fingerprint density at radius 1 is 1.09 bits per heavy atom. The maximum Gasteiger partial charge on any atom is 0.268 e. The van der Waals surface area contributed by atoms with Crippen molar-refractivity contribution in [1.82, 2.24) is 4.90 Å². The van der Waals surface area contributed by atoms with Gasteiger partial charge in [0.05, 0.1) is 18.7 Å². The monoisotopic (exact) mass is 457 g/mol. The van der Waals surface area contributed by atoms with Crippen LogP contribution >= 0.6 is 0 Å². The third kappa shape index (κ3) is 4.04. The zero-order valence-corrected chi connectivity index (χ0v) is 18.8. The number of aryl methyl sites for hydroxylation is 1. The number of carbonyl (C=O) groups excluding carboxylic acids is 2. The molecule has 1 saturated heterocycles. The number of fused-ring (bicyclic) bond motifs is 1. The lowest BCUT2D eigenvalue weighted by molar-refractivity contribution is -0.123. The molecule has 9 heteroatoms. The van der Waals surface area contributed by atoms with Crippen molar-refractivity contribution in [2.24, 2.45) is 11.7 Å². The predicted octanol–water partition coefficient (Wildman–Crippen LogP) is 2.17. The lowest BCUT2D eigenvalue weighted by atomic mass is 9.97. The van der Waals surface area contributed by atoms with Gasteiger partial charge in [0.15, 0.2) is 0 Å². The van der Waals surface area contributed by atoms with Gasteiger partial charge in [0, 0.05) is 25.2 Å². The van der Waals surface area contributed by atoms with Crippen molar-refractivity contribution in [3.8, 4) is 5.75 Å². The number of likely N-dealkylation sites (tertiary alicyclic amines) is 1. The molecule has 2 amide bonds. The summed E-state index contributed by atoms with van der Waals surface area (Å²) in [6.45, 7) is 1.09. The van der Waals surface area contributed by atoms with E-state index in [1.54, 1.807) is 17.0 Å². The Kier molecular flexibility index (Phi) is 6.10. The first-order chi connectivity index (χ1) is 15.3. The number of sulfonamides is 1. The van der Waals surface area contributed by atoms with Gasteiger partial charge in [-0.3, -0.25) is 13.9 Å². The number of nitrogens with two attached hydrogens (primary N) is 1. The molecular formula is C23H27N3O5S. The molecule has 1 fully saturated rings. The molecule has 0 aromatic heterocycles. The molecule has 4 rings (SSSR count). The number of methoxy groups -OCH3 is 1. The van der Waals surface area contributed by atoms with Crippen LogP contribution in [0.1, 0.15) is 35.2 Å². The first-order valence-corrected chi connectivity index (χ1v) is 12.1. The number of ether oxygens (including phenoxy) is 1. The van der Waals surface area contributed by atoms with Crippen molar-refractivity contribution < 1.29 is 22.7 Å². The number of hydrogen-bond donors (Lipinski definition) is 1. The average Bonchev–Trinajstić information content (AvgIpc) is 2.82. The fraction of sp³-hybridized carbons (Fsp3) is 0.391. The molecule has 0 saturated carbocycles. The zero-order valence-electron chi connectivity index (χ0n) is 18.0. The van der Waals surface area contributed by atoms with Crippen molar-refractivity contribution in [2.45, 2.75) is 30.6 Å². The second-order valence-electron chi connectivity index (χ2n) is 8.17. The molecule has 0 bridgehead atoms. The molecule has 0 radical (unpaired) electrons. The lowest BCUT2D eigenvalue weighted by Gasteiger charge is -2.32. The molecule has 2 aliphatic rings. The number of primary amides is 1. The quantitative estimate of drug-likeness (QED) is 0.740. The van der Waals surface area contributed by atoms with E-state index in [2.05, 4.69) is 0 Å². The molecule has 170 valence electrons. The van der Waals surface area contributed by atoms with E-state index in [4.69, 9.17) is 10.5 Å². The van der Waals surface area contributed by atoms with Crippen LogP contribution in [0.3, 0.4) is 0 Å². The summed E-state index contributed by atoms with van der Waals surface area (Å²) in [5, 5.41) is 0. The molecule has 2 aliphatic heterocycles. The predicted molar refractivity (Wildman–Crippen MR) is 120 cm³/mol. The van der Waals surface area contributed by atoms with Gasteiger partial charge >= 0.3 is 0 Å². The molecular weight excluding hydrogens is 430 g/mol. The topological polar surface area (TPSA) is 110 Å². The van der Waals surface area contributed by atoms with Gasteiger partial charge in [0.1, 0.15) is 10.6 Å². The van der Waals surface area contributed by atoms with Crippen LogP contribution in [0.15, 0.2) is 47.4 Å². The lowest BCUT2D eigenvalue weighted by Crippen LogP contribution is -2.44. The number of anilines is 1. The third-order valence-corrected chi connectivity index (χ3v) is 7.99. The fourth-order valence-electron chi connectivity index (χ4n) is 4.46. The molecule has 1 unspecified atom stereocenters. The van der Waals surface area contributed by atoms with E-state index in [1.165, 1.54) is 23.5 Å². The number of carbonyl (C=O) groups is 2. The molecule has 2 heterocycles. The van der Waals surface area contributed by atoms with Crippen molar-refractivity contribution in [1.29, 1.82) is 0 Å². The van der Waals surface area contributed by atoms with E-state index < -0.39 is 15.9 Å². The minimum Gasteiger partial charge on any atom is -0.495 e. The third-order valence-electron chi connectivity index (χ3n) is 6.16. The van der Waals surface area contributed by atoms with Crippen molar-refractivity contribution in [3.63, 3.8) is 0 Å². The molecule has 0 spiro atoms. The van der Waals surface area contributed by atoms with Gasteiger partial charge in [0.25, 0.3) is 15.9 Å². The molecule has 1 atom stereocenters. The minimum atomic E-state index is -3.97. The summed E-state index contributed by atoms with van der Waals surface area (Å²) in [5.74, 6) is -0.962. The Morgan fingerprint density at radius 2 is 1.88 bits per heavy atom. The first kappa shape index (κ1) is 22.1. The fourth-order valence-corrected chi connectivity index (χ4v) is 6.18. The van der Waals surface area contributed by atoms with E-state index >= 15 is 0 Å². The highest BCUT2D eigenvalue weighted by Crippen LogP contribution is 2.35.